The number of hydrogen-bond acceptors (Lipinski definition) is 4. The van der Waals surface area contributed by atoms with Gasteiger partial charge in [-0.15, -0.1) is 12.6 Å². The summed E-state index contributed by atoms with van der Waals surface area (Å²) in [6.45, 7) is 1.21. The van der Waals surface area contributed by atoms with E-state index in [1.807, 2.05) is 0 Å². The molecule has 6 heteroatoms. The van der Waals surface area contributed by atoms with Gasteiger partial charge in [0.2, 0.25) is 0 Å². The molecule has 18 heavy (non-hydrogen) atoms. The summed E-state index contributed by atoms with van der Waals surface area (Å²) in [7, 11) is 0. The number of carbonyl (C=O) groups is 1. The number of aliphatic hydroxyl groups is 1. The van der Waals surface area contributed by atoms with Crippen molar-refractivity contribution in [2.45, 2.75) is 11.0 Å². The SMILES string of the molecule is O=C(c1cc(S)ccc1Cl)N1CCOC(CO)C1. The van der Waals surface area contributed by atoms with Gasteiger partial charge in [0.25, 0.3) is 5.91 Å². The average Bonchev–Trinajstić information content (AvgIpc) is 2.41. The summed E-state index contributed by atoms with van der Waals surface area (Å²) in [5.41, 5.74) is 0.433. The standard InChI is InChI=1S/C12H14ClNO3S/c13-11-2-1-9(18)5-10(11)12(16)14-3-4-17-8(6-14)7-15/h1-2,5,8,15,18H,3-4,6-7H2. The number of benzene rings is 1. The van der Waals surface area contributed by atoms with Crippen LogP contribution in [0.4, 0.5) is 0 Å². The van der Waals surface area contributed by atoms with E-state index in [9.17, 15) is 4.79 Å². The number of amides is 1. The van der Waals surface area contributed by atoms with E-state index in [1.54, 1.807) is 23.1 Å². The van der Waals surface area contributed by atoms with Crippen molar-refractivity contribution in [1.82, 2.24) is 4.90 Å². The van der Waals surface area contributed by atoms with E-state index in [4.69, 9.17) is 21.4 Å². The Morgan fingerprint density at radius 2 is 2.39 bits per heavy atom. The van der Waals surface area contributed by atoms with E-state index in [0.717, 1.165) is 0 Å². The van der Waals surface area contributed by atoms with Crippen LogP contribution in [-0.4, -0.2) is 48.3 Å². The van der Waals surface area contributed by atoms with E-state index < -0.39 is 0 Å². The van der Waals surface area contributed by atoms with Crippen LogP contribution in [-0.2, 0) is 4.74 Å². The van der Waals surface area contributed by atoms with Crippen molar-refractivity contribution < 1.29 is 14.6 Å². The zero-order valence-corrected chi connectivity index (χ0v) is 11.3. The molecule has 98 valence electrons. The van der Waals surface area contributed by atoms with Gasteiger partial charge in [0, 0.05) is 18.0 Å². The molecule has 2 rings (SSSR count). The fraction of sp³-hybridized carbons (Fsp3) is 0.417. The fourth-order valence-corrected chi connectivity index (χ4v) is 2.26. The van der Waals surface area contributed by atoms with Crippen LogP contribution in [0.15, 0.2) is 23.1 Å². The predicted octanol–water partition coefficient (Wildman–Crippen LogP) is 1.46. The second kappa shape index (κ2) is 5.93. The van der Waals surface area contributed by atoms with Crippen molar-refractivity contribution in [2.75, 3.05) is 26.3 Å². The van der Waals surface area contributed by atoms with Crippen LogP contribution in [0, 0.1) is 0 Å². The number of nitrogens with zero attached hydrogens (tertiary/aromatic N) is 1. The first kappa shape index (κ1) is 13.7. The molecule has 0 radical (unpaired) electrons. The lowest BCUT2D eigenvalue weighted by Crippen LogP contribution is -2.47. The van der Waals surface area contributed by atoms with Crippen LogP contribution in [0.1, 0.15) is 10.4 Å². The number of carbonyl (C=O) groups excluding carboxylic acids is 1. The topological polar surface area (TPSA) is 49.8 Å². The third-order valence-electron chi connectivity index (χ3n) is 2.81. The summed E-state index contributed by atoms with van der Waals surface area (Å²) in [5, 5.41) is 9.47. The number of hydrogen-bond donors (Lipinski definition) is 2. The Balaban J connectivity index is 2.17. The molecule has 1 aliphatic heterocycles. The zero-order valence-electron chi connectivity index (χ0n) is 9.67. The van der Waals surface area contributed by atoms with Crippen LogP contribution < -0.4 is 0 Å². The van der Waals surface area contributed by atoms with Gasteiger partial charge in [-0.25, -0.2) is 0 Å². The van der Waals surface area contributed by atoms with Gasteiger partial charge < -0.3 is 14.7 Å². The van der Waals surface area contributed by atoms with Gasteiger partial charge in [0.1, 0.15) is 0 Å². The van der Waals surface area contributed by atoms with Gasteiger partial charge in [0.15, 0.2) is 0 Å². The molecule has 1 fully saturated rings. The fourth-order valence-electron chi connectivity index (χ4n) is 1.86. The minimum Gasteiger partial charge on any atom is -0.394 e. The van der Waals surface area contributed by atoms with Crippen molar-refractivity contribution >= 4 is 30.1 Å². The predicted molar refractivity (Wildman–Crippen MR) is 71.4 cm³/mol. The Morgan fingerprint density at radius 3 is 3.11 bits per heavy atom. The van der Waals surface area contributed by atoms with Crippen molar-refractivity contribution in [3.63, 3.8) is 0 Å². The van der Waals surface area contributed by atoms with Crippen LogP contribution in [0.2, 0.25) is 5.02 Å². The molecule has 0 saturated carbocycles. The third kappa shape index (κ3) is 2.98. The highest BCUT2D eigenvalue weighted by atomic mass is 35.5. The molecule has 1 heterocycles. The molecule has 1 amide bonds. The molecule has 1 aromatic rings. The Kier molecular flexibility index (Phi) is 4.50. The summed E-state index contributed by atoms with van der Waals surface area (Å²) < 4.78 is 5.31. The highest BCUT2D eigenvalue weighted by Gasteiger charge is 2.25. The summed E-state index contributed by atoms with van der Waals surface area (Å²) in [5.74, 6) is -0.155. The lowest BCUT2D eigenvalue weighted by atomic mass is 10.1. The van der Waals surface area contributed by atoms with Crippen LogP contribution in [0.5, 0.6) is 0 Å². The summed E-state index contributed by atoms with van der Waals surface area (Å²) in [6.07, 6.45) is -0.319. The molecule has 1 unspecified atom stereocenters. The maximum Gasteiger partial charge on any atom is 0.255 e. The number of ether oxygens (including phenoxy) is 1. The maximum absolute atomic E-state index is 12.3. The van der Waals surface area contributed by atoms with E-state index in [1.165, 1.54) is 0 Å². The largest absolute Gasteiger partial charge is 0.394 e. The molecule has 1 aromatic carbocycles. The Bertz CT molecular complexity index is 455. The van der Waals surface area contributed by atoms with E-state index in [0.29, 0.717) is 35.2 Å². The molecule has 0 spiro atoms. The Hall–Kier alpha value is -0.750. The molecule has 1 atom stereocenters. The smallest absolute Gasteiger partial charge is 0.255 e. The first-order chi connectivity index (χ1) is 8.61. The third-order valence-corrected chi connectivity index (χ3v) is 3.42. The summed E-state index contributed by atoms with van der Waals surface area (Å²) in [4.78, 5) is 14.6. The van der Waals surface area contributed by atoms with Crippen molar-refractivity contribution in [1.29, 1.82) is 0 Å². The van der Waals surface area contributed by atoms with Gasteiger partial charge in [-0.3, -0.25) is 4.79 Å². The van der Waals surface area contributed by atoms with Gasteiger partial charge in [0.05, 0.1) is 29.9 Å². The Labute approximate surface area is 116 Å². The number of halogens is 1. The van der Waals surface area contributed by atoms with E-state index in [2.05, 4.69) is 12.6 Å². The van der Waals surface area contributed by atoms with E-state index in [-0.39, 0.29) is 18.6 Å². The lowest BCUT2D eigenvalue weighted by Gasteiger charge is -2.32. The zero-order chi connectivity index (χ0) is 13.1. The molecular formula is C12H14ClNO3S. The maximum atomic E-state index is 12.3. The molecule has 0 aromatic heterocycles. The molecule has 4 nitrogen and oxygen atoms in total. The van der Waals surface area contributed by atoms with Gasteiger partial charge in [-0.1, -0.05) is 11.6 Å². The highest BCUT2D eigenvalue weighted by Crippen LogP contribution is 2.22. The molecule has 0 bridgehead atoms. The molecule has 0 aliphatic carbocycles. The molecule has 1 N–H and O–H groups in total. The first-order valence-electron chi connectivity index (χ1n) is 5.62. The van der Waals surface area contributed by atoms with Crippen molar-refractivity contribution in [2.24, 2.45) is 0 Å². The van der Waals surface area contributed by atoms with Crippen molar-refractivity contribution in [3.05, 3.63) is 28.8 Å². The van der Waals surface area contributed by atoms with E-state index >= 15 is 0 Å². The number of morpholine rings is 1. The van der Waals surface area contributed by atoms with Crippen molar-refractivity contribution in [3.8, 4) is 0 Å². The number of aliphatic hydroxyl groups excluding tert-OH is 1. The van der Waals surface area contributed by atoms with Gasteiger partial charge in [-0.05, 0) is 18.2 Å². The number of rotatable bonds is 2. The van der Waals surface area contributed by atoms with Crippen LogP contribution >= 0.6 is 24.2 Å². The first-order valence-corrected chi connectivity index (χ1v) is 6.44. The normalized spacial score (nSPS) is 19.9. The van der Waals surface area contributed by atoms with Gasteiger partial charge >= 0.3 is 0 Å². The summed E-state index contributed by atoms with van der Waals surface area (Å²) in [6, 6.07) is 5.04. The quantitative estimate of drug-likeness (QED) is 0.810. The molecule has 1 saturated heterocycles. The average molecular weight is 288 g/mol. The summed E-state index contributed by atoms with van der Waals surface area (Å²) >= 11 is 10.2. The number of thiol groups is 1. The highest BCUT2D eigenvalue weighted by molar-refractivity contribution is 7.80. The van der Waals surface area contributed by atoms with Gasteiger partial charge in [-0.2, -0.15) is 0 Å². The minimum absolute atomic E-state index is 0.0931. The monoisotopic (exact) mass is 287 g/mol. The minimum atomic E-state index is -0.319. The Morgan fingerprint density at radius 1 is 1.61 bits per heavy atom. The van der Waals surface area contributed by atoms with Crippen LogP contribution in [0.3, 0.4) is 0 Å². The lowest BCUT2D eigenvalue weighted by molar-refractivity contribution is -0.0447. The molecular weight excluding hydrogens is 274 g/mol. The second-order valence-electron chi connectivity index (χ2n) is 4.09. The molecule has 1 aliphatic rings. The van der Waals surface area contributed by atoms with Crippen LogP contribution in [0.25, 0.3) is 0 Å². The second-order valence-corrected chi connectivity index (χ2v) is 5.01.